The van der Waals surface area contributed by atoms with Crippen molar-refractivity contribution in [3.8, 4) is 34.0 Å². The number of hydrogen-bond donors (Lipinski definition) is 3. The zero-order chi connectivity index (χ0) is 77.1. The fourth-order valence-corrected chi connectivity index (χ4v) is 19.3. The highest BCUT2D eigenvalue weighted by Crippen LogP contribution is 2.58. The van der Waals surface area contributed by atoms with Gasteiger partial charge >= 0.3 is 58.1 Å². The Morgan fingerprint density at radius 3 is 1.51 bits per heavy atom. The lowest BCUT2D eigenvalue weighted by atomic mass is 9.83. The molecule has 0 amide bonds. The molecule has 4 aromatic carbocycles. The lowest BCUT2D eigenvalue weighted by Crippen LogP contribution is -2.63. The van der Waals surface area contributed by atoms with Crippen molar-refractivity contribution in [1.29, 1.82) is 0 Å². The number of halogens is 17. The molecule has 6 fully saturated rings. The minimum Gasteiger partial charge on any atom is -0.462 e. The van der Waals surface area contributed by atoms with Crippen LogP contribution in [0.4, 0.5) is 74.6 Å². The fraction of sp³-hybridized carbons (Fsp3) is 0.500. The monoisotopic (exact) mass is 1620 g/mol. The van der Waals surface area contributed by atoms with E-state index in [0.29, 0.717) is 59.5 Å². The van der Waals surface area contributed by atoms with Gasteiger partial charge in [0, 0.05) is 64.5 Å². The molecule has 6 saturated carbocycles. The van der Waals surface area contributed by atoms with Gasteiger partial charge in [0.25, 0.3) is 0 Å². The van der Waals surface area contributed by atoms with E-state index in [0.717, 1.165) is 79.2 Å². The molecular formula is C68H63F17N6O11S5. The van der Waals surface area contributed by atoms with E-state index in [-0.39, 0.29) is 103 Å². The Balaban J connectivity index is 0.000000166. The molecule has 4 unspecified atom stereocenters. The van der Waals surface area contributed by atoms with E-state index in [2.05, 4.69) is 44.6 Å². The highest BCUT2D eigenvalue weighted by Gasteiger charge is 2.86. The van der Waals surface area contributed by atoms with Gasteiger partial charge in [-0.05, 0) is 175 Å². The van der Waals surface area contributed by atoms with Crippen LogP contribution in [0.2, 0.25) is 0 Å². The highest BCUT2D eigenvalue weighted by molar-refractivity contribution is 8.01. The summed E-state index contributed by atoms with van der Waals surface area (Å²) in [4.78, 5) is 30.9. The number of benzene rings is 4. The average Bonchev–Trinajstić information content (AvgIpc) is 1.69. The first-order chi connectivity index (χ1) is 50.3. The van der Waals surface area contributed by atoms with Crippen LogP contribution in [0.25, 0.3) is 42.9 Å². The van der Waals surface area contributed by atoms with Crippen LogP contribution >= 0.6 is 46.7 Å². The number of para-hydroxylation sites is 2. The van der Waals surface area contributed by atoms with Gasteiger partial charge in [-0.15, -0.1) is 49.0 Å². The molecular weight excluding hydrogens is 1560 g/mol. The first kappa shape index (κ1) is 79.4. The lowest BCUT2D eigenvalue weighted by Gasteiger charge is -2.37. The number of H-pyrrole nitrogens is 1. The minimum atomic E-state index is -7.40. The Bertz CT molecular complexity index is 4720. The molecule has 6 aliphatic carbocycles. The summed E-state index contributed by atoms with van der Waals surface area (Å²) in [6, 6.07) is 16.5. The predicted octanol–water partition coefficient (Wildman–Crippen LogP) is 19.3. The summed E-state index contributed by atoms with van der Waals surface area (Å²) < 4.78 is 288. The van der Waals surface area contributed by atoms with Crippen molar-refractivity contribution in [2.24, 2.45) is 23.7 Å². The molecule has 4 atom stereocenters. The molecule has 8 aromatic rings. The highest BCUT2D eigenvalue weighted by atomic mass is 32.2. The van der Waals surface area contributed by atoms with Crippen LogP contribution in [0.3, 0.4) is 0 Å². The van der Waals surface area contributed by atoms with E-state index in [1.165, 1.54) is 59.1 Å². The molecule has 0 saturated heterocycles. The maximum Gasteiger partial charge on any atom is 0.573 e. The number of aromatic amines is 1. The van der Waals surface area contributed by atoms with Crippen molar-refractivity contribution in [1.82, 2.24) is 30.9 Å². The second kappa shape index (κ2) is 30.9. The summed E-state index contributed by atoms with van der Waals surface area (Å²) in [5, 5.41) is 8.44. The van der Waals surface area contributed by atoms with Crippen LogP contribution in [-0.4, -0.2) is 113 Å². The molecule has 14 rings (SSSR count). The Hall–Kier alpha value is -7.17. The van der Waals surface area contributed by atoms with Gasteiger partial charge in [-0.25, -0.2) is 23.4 Å². The molecule has 6 aliphatic rings. The van der Waals surface area contributed by atoms with Gasteiger partial charge in [-0.1, -0.05) is 46.3 Å². The summed E-state index contributed by atoms with van der Waals surface area (Å²) in [5.74, 6) is -17.3. The maximum atomic E-state index is 14.8. The van der Waals surface area contributed by atoms with Crippen LogP contribution in [0.5, 0.6) is 11.5 Å². The van der Waals surface area contributed by atoms with E-state index >= 15 is 0 Å². The third-order valence-electron chi connectivity index (χ3n) is 19.3. The summed E-state index contributed by atoms with van der Waals surface area (Å²) in [7, 11) is -7.01. The van der Waals surface area contributed by atoms with Crippen LogP contribution in [0.1, 0.15) is 146 Å². The summed E-state index contributed by atoms with van der Waals surface area (Å²) in [5.41, 5.74) is 2.86. The number of nitrogens with zero attached hydrogens (tertiary/aromatic N) is 3. The second-order valence-electron chi connectivity index (χ2n) is 26.5. The SMILES string of the molecule is CCOC(=O)c1cc(F)c2[nH]c(=S)sc2c1.CCOC(=O)c1cc(F)c2nc(SC3C4CCC3CC(NCc3c(-c5ccccc5OC(F)(F)F)noc3C3CC3)C4)sc2c1.O=S(=O)(OC1C2CCC1CC(NCc1c(-c3ccccc3OC(F)(F)F)noc1C1CC1)C2)C(F)(F)C(F)(F)C(F)(F)C(F)(F)F. The molecule has 3 N–H and O–H groups in total. The van der Waals surface area contributed by atoms with Crippen molar-refractivity contribution in [2.45, 2.75) is 180 Å². The summed E-state index contributed by atoms with van der Waals surface area (Å²) in [6.45, 7) is 4.30. The minimum absolute atomic E-state index is 0.00942. The third-order valence-corrected chi connectivity index (χ3v) is 24.5. The van der Waals surface area contributed by atoms with E-state index in [4.69, 9.17) is 30.7 Å². The molecule has 39 heteroatoms. The number of fused-ring (bicyclic) bond motifs is 6. The van der Waals surface area contributed by atoms with Gasteiger partial charge in [0.15, 0.2) is 14.1 Å². The molecule has 4 bridgehead atoms. The lowest BCUT2D eigenvalue weighted by molar-refractivity contribution is -0.383. The molecule has 17 nitrogen and oxygen atoms in total. The number of hydrogen-bond acceptors (Lipinski definition) is 20. The first-order valence-electron chi connectivity index (χ1n) is 33.6. The van der Waals surface area contributed by atoms with E-state index in [1.807, 2.05) is 0 Å². The number of carbonyl (C=O) groups excluding carboxylic acids is 2. The van der Waals surface area contributed by atoms with Gasteiger partial charge in [0.1, 0.15) is 45.7 Å². The Morgan fingerprint density at radius 1 is 0.607 bits per heavy atom. The summed E-state index contributed by atoms with van der Waals surface area (Å²) in [6.07, 6.45) is -11.0. The molecule has 4 aromatic heterocycles. The van der Waals surface area contributed by atoms with Crippen molar-refractivity contribution in [2.75, 3.05) is 13.2 Å². The molecule has 107 heavy (non-hydrogen) atoms. The number of nitrogens with one attached hydrogen (secondary N) is 3. The van der Waals surface area contributed by atoms with Crippen molar-refractivity contribution < 1.29 is 125 Å². The van der Waals surface area contributed by atoms with Crippen LogP contribution in [-0.2, 0) is 36.9 Å². The fourth-order valence-electron chi connectivity index (χ4n) is 14.1. The van der Waals surface area contributed by atoms with Crippen molar-refractivity contribution in [3.05, 3.63) is 122 Å². The molecule has 0 aliphatic heterocycles. The second-order valence-corrected chi connectivity index (χ2v) is 32.3. The largest absolute Gasteiger partial charge is 0.573 e. The molecule has 0 radical (unpaired) electrons. The number of thioether (sulfide) groups is 1. The number of esters is 2. The molecule has 4 heterocycles. The Labute approximate surface area is 614 Å². The van der Waals surface area contributed by atoms with E-state index < -0.39 is 99.4 Å². The van der Waals surface area contributed by atoms with Crippen molar-refractivity contribution >= 4 is 89.1 Å². The van der Waals surface area contributed by atoms with Gasteiger partial charge in [-0.3, -0.25) is 4.18 Å². The number of aromatic nitrogens is 4. The van der Waals surface area contributed by atoms with E-state index in [1.54, 1.807) is 49.9 Å². The first-order valence-corrected chi connectivity index (χ1v) is 37.9. The van der Waals surface area contributed by atoms with Crippen LogP contribution in [0, 0.1) is 39.3 Å². The third kappa shape index (κ3) is 17.2. The van der Waals surface area contributed by atoms with Gasteiger partial charge in [0.05, 0.1) is 45.4 Å². The number of thiazole rings is 2. The number of ether oxygens (including phenoxy) is 4. The maximum absolute atomic E-state index is 14.8. The van der Waals surface area contributed by atoms with Crippen LogP contribution < -0.4 is 20.1 Å². The zero-order valence-corrected chi connectivity index (χ0v) is 59.9. The van der Waals surface area contributed by atoms with Gasteiger partial charge in [-0.2, -0.15) is 47.9 Å². The quantitative estimate of drug-likeness (QED) is 0.0235. The Morgan fingerprint density at radius 2 is 1.06 bits per heavy atom. The van der Waals surface area contributed by atoms with Crippen molar-refractivity contribution in [3.63, 3.8) is 0 Å². The Kier molecular flexibility index (Phi) is 23.0. The number of alkyl halides is 15. The molecule has 580 valence electrons. The predicted molar refractivity (Wildman–Crippen MR) is 356 cm³/mol. The topological polar surface area (TPSA) is 219 Å². The van der Waals surface area contributed by atoms with Gasteiger partial charge in [0.2, 0.25) is 0 Å². The number of carbonyl (C=O) groups is 2. The van der Waals surface area contributed by atoms with Gasteiger partial charge < -0.3 is 43.6 Å². The normalized spacial score (nSPS) is 21.9. The molecule has 0 spiro atoms. The summed E-state index contributed by atoms with van der Waals surface area (Å²) >= 11 is 9.25. The smallest absolute Gasteiger partial charge is 0.462 e. The average molecular weight is 1620 g/mol. The van der Waals surface area contributed by atoms with Crippen LogP contribution in [0.15, 0.2) is 86.2 Å². The zero-order valence-electron chi connectivity index (χ0n) is 55.8. The van der Waals surface area contributed by atoms with E-state index in [9.17, 15) is 92.6 Å². The number of rotatable bonds is 23. The standard InChI is InChI=1S/C32H31F4N3O4S2.C26H24F12N2O5S.C10H8FNO2S2/c1-2-41-30(40)19-13-23(33)27-25(14-19)44-31(38-27)45-29-17-9-10-18(29)12-20(11-17)37-15-22-26(39-43-28(22)16-7-8-16)21-5-3-4-6-24(21)42-32(34,35)36;27-22(28,24(31,32)33)23(29,30)25(34,35)46(41,42)45-20-13-7-8-14(20)10-15(9-13)39-11-17-19(40-44-21(17)12-5-6-12)16-3-1-2-4-18(16)43-26(36,37)38;1-2-14-9(13)5-3-6(11)8-7(4-5)16-10(15)12-8/h3-6,13-14,16-18,20,29,37H,2,7-12,15H2,1H3;1-4,12-15,20,39H,5-11H2;3-4H,2H2,1H3,(H,12,15).